The van der Waals surface area contributed by atoms with Gasteiger partial charge >= 0.3 is 5.97 Å². The van der Waals surface area contributed by atoms with E-state index in [1.54, 1.807) is 20.3 Å². The van der Waals surface area contributed by atoms with E-state index in [1.807, 2.05) is 18.2 Å². The maximum absolute atomic E-state index is 11.5. The molecular weight excluding hydrogens is 352 g/mol. The molecule has 1 aromatic heterocycles. The van der Waals surface area contributed by atoms with E-state index in [9.17, 15) is 4.79 Å². The summed E-state index contributed by atoms with van der Waals surface area (Å²) < 4.78 is 33.5. The molecule has 0 saturated heterocycles. The Hall–Kier alpha value is -3.35. The summed E-state index contributed by atoms with van der Waals surface area (Å²) in [5.41, 5.74) is 2.13. The summed E-state index contributed by atoms with van der Waals surface area (Å²) >= 11 is 0. The van der Waals surface area contributed by atoms with E-state index in [4.69, 9.17) is 28.1 Å². The lowest BCUT2D eigenvalue weighted by Crippen LogP contribution is -2.09. The standard InChI is InChI=1S/C20H18O7/c1-10(21)26-20-15(23-3)8-6-12-16-13(9-25-17(12)20)11-5-7-14(22-2)19(24-4)18(11)27-16/h5-8H,9H2,1-4H3. The highest BCUT2D eigenvalue weighted by molar-refractivity contribution is 5.95. The highest BCUT2D eigenvalue weighted by atomic mass is 16.6. The molecule has 0 spiro atoms. The number of hydrogen-bond donors (Lipinski definition) is 0. The Labute approximate surface area is 155 Å². The first-order chi connectivity index (χ1) is 13.1. The minimum absolute atomic E-state index is 0.234. The van der Waals surface area contributed by atoms with Crippen molar-refractivity contribution in [1.29, 1.82) is 0 Å². The summed E-state index contributed by atoms with van der Waals surface area (Å²) in [6, 6.07) is 7.25. The zero-order chi connectivity index (χ0) is 19.1. The molecule has 7 heteroatoms. The number of carbonyl (C=O) groups excluding carboxylic acids is 1. The van der Waals surface area contributed by atoms with Gasteiger partial charge in [-0.05, 0) is 24.3 Å². The third-order valence-corrected chi connectivity index (χ3v) is 4.45. The molecule has 0 amide bonds. The molecule has 1 aliphatic rings. The number of furan rings is 1. The highest BCUT2D eigenvalue weighted by Gasteiger charge is 2.30. The number of benzene rings is 2. The summed E-state index contributed by atoms with van der Waals surface area (Å²) in [5.74, 6) is 2.30. The molecule has 0 radical (unpaired) electrons. The van der Waals surface area contributed by atoms with Crippen LogP contribution in [0.3, 0.4) is 0 Å². The predicted octanol–water partition coefficient (Wildman–Crippen LogP) is 3.94. The van der Waals surface area contributed by atoms with Gasteiger partial charge in [0.1, 0.15) is 12.4 Å². The number of fused-ring (bicyclic) bond motifs is 5. The Morgan fingerprint density at radius 1 is 0.963 bits per heavy atom. The number of carbonyl (C=O) groups is 1. The lowest BCUT2D eigenvalue weighted by Gasteiger charge is -2.20. The average Bonchev–Trinajstić information content (AvgIpc) is 3.05. The van der Waals surface area contributed by atoms with Crippen LogP contribution in [0.5, 0.6) is 28.7 Å². The molecule has 0 unspecified atom stereocenters. The third-order valence-electron chi connectivity index (χ3n) is 4.45. The molecule has 0 atom stereocenters. The van der Waals surface area contributed by atoms with Gasteiger partial charge < -0.3 is 28.1 Å². The maximum Gasteiger partial charge on any atom is 0.308 e. The average molecular weight is 370 g/mol. The first-order valence-electron chi connectivity index (χ1n) is 8.28. The molecule has 0 aliphatic carbocycles. The van der Waals surface area contributed by atoms with Gasteiger partial charge in [-0.2, -0.15) is 0 Å². The minimum Gasteiger partial charge on any atom is -0.493 e. The van der Waals surface area contributed by atoms with Gasteiger partial charge in [0.05, 0.1) is 26.9 Å². The zero-order valence-corrected chi connectivity index (χ0v) is 15.4. The van der Waals surface area contributed by atoms with E-state index in [0.29, 0.717) is 39.9 Å². The van der Waals surface area contributed by atoms with Crippen LogP contribution < -0.4 is 23.7 Å². The lowest BCUT2D eigenvalue weighted by atomic mass is 10.0. The second-order valence-electron chi connectivity index (χ2n) is 5.94. The van der Waals surface area contributed by atoms with E-state index in [1.165, 1.54) is 14.0 Å². The number of hydrogen-bond acceptors (Lipinski definition) is 7. The molecule has 3 aromatic rings. The van der Waals surface area contributed by atoms with Crippen LogP contribution in [0.2, 0.25) is 0 Å². The van der Waals surface area contributed by atoms with Gasteiger partial charge in [0, 0.05) is 17.9 Å². The normalized spacial score (nSPS) is 12.0. The van der Waals surface area contributed by atoms with Gasteiger partial charge in [-0.1, -0.05) is 0 Å². The van der Waals surface area contributed by atoms with Gasteiger partial charge in [0.15, 0.2) is 22.8 Å². The molecule has 1 aliphatic heterocycles. The van der Waals surface area contributed by atoms with Gasteiger partial charge in [-0.15, -0.1) is 0 Å². The Bertz CT molecular complexity index is 1050. The first kappa shape index (κ1) is 17.1. The summed E-state index contributed by atoms with van der Waals surface area (Å²) in [4.78, 5) is 11.5. The van der Waals surface area contributed by atoms with E-state index >= 15 is 0 Å². The number of ether oxygens (including phenoxy) is 5. The quantitative estimate of drug-likeness (QED) is 0.508. The third kappa shape index (κ3) is 2.54. The molecule has 4 rings (SSSR count). The van der Waals surface area contributed by atoms with Crippen LogP contribution in [0.25, 0.3) is 22.3 Å². The fraction of sp³-hybridized carbons (Fsp3) is 0.250. The second-order valence-corrected chi connectivity index (χ2v) is 5.94. The Morgan fingerprint density at radius 3 is 2.33 bits per heavy atom. The minimum atomic E-state index is -0.466. The number of esters is 1. The van der Waals surface area contributed by atoms with Crippen molar-refractivity contribution in [2.45, 2.75) is 13.5 Å². The van der Waals surface area contributed by atoms with Crippen LogP contribution in [0.4, 0.5) is 0 Å². The topological polar surface area (TPSA) is 76.4 Å². The molecule has 0 bridgehead atoms. The summed E-state index contributed by atoms with van der Waals surface area (Å²) in [5, 5.41) is 0.873. The maximum atomic E-state index is 11.5. The largest absolute Gasteiger partial charge is 0.493 e. The molecule has 0 fully saturated rings. The van der Waals surface area contributed by atoms with Crippen LogP contribution in [-0.2, 0) is 11.4 Å². The van der Waals surface area contributed by atoms with Crippen LogP contribution >= 0.6 is 0 Å². The van der Waals surface area contributed by atoms with Crippen molar-refractivity contribution in [3.05, 3.63) is 29.8 Å². The van der Waals surface area contributed by atoms with E-state index in [2.05, 4.69) is 0 Å². The monoisotopic (exact) mass is 370 g/mol. The predicted molar refractivity (Wildman–Crippen MR) is 96.9 cm³/mol. The Kier molecular flexibility index (Phi) is 4.07. The van der Waals surface area contributed by atoms with Gasteiger partial charge in [-0.25, -0.2) is 0 Å². The highest BCUT2D eigenvalue weighted by Crippen LogP contribution is 2.52. The van der Waals surface area contributed by atoms with Crippen molar-refractivity contribution in [3.63, 3.8) is 0 Å². The molecule has 0 N–H and O–H groups in total. The molecular formula is C20H18O7. The molecule has 2 aromatic carbocycles. The van der Waals surface area contributed by atoms with Crippen molar-refractivity contribution < 1.29 is 32.9 Å². The van der Waals surface area contributed by atoms with E-state index < -0.39 is 5.97 Å². The summed E-state index contributed by atoms with van der Waals surface area (Å²) in [6.45, 7) is 1.58. The van der Waals surface area contributed by atoms with Crippen LogP contribution in [0.1, 0.15) is 12.5 Å². The van der Waals surface area contributed by atoms with Crippen LogP contribution in [0.15, 0.2) is 28.7 Å². The fourth-order valence-electron chi connectivity index (χ4n) is 3.30. The van der Waals surface area contributed by atoms with Gasteiger partial charge in [0.25, 0.3) is 0 Å². The summed E-state index contributed by atoms with van der Waals surface area (Å²) in [7, 11) is 4.64. The molecule has 7 nitrogen and oxygen atoms in total. The van der Waals surface area contributed by atoms with Gasteiger partial charge in [-0.3, -0.25) is 4.79 Å². The number of rotatable bonds is 4. The molecule has 27 heavy (non-hydrogen) atoms. The van der Waals surface area contributed by atoms with Crippen molar-refractivity contribution in [1.82, 2.24) is 0 Å². The van der Waals surface area contributed by atoms with Crippen molar-refractivity contribution >= 4 is 16.9 Å². The zero-order valence-electron chi connectivity index (χ0n) is 15.4. The molecule has 140 valence electrons. The Balaban J connectivity index is 1.97. The van der Waals surface area contributed by atoms with E-state index in [0.717, 1.165) is 10.9 Å². The van der Waals surface area contributed by atoms with Crippen molar-refractivity contribution in [3.8, 4) is 40.1 Å². The SMILES string of the molecule is COc1ccc2c(c1OC(C)=O)OCc1c-2oc2c(OC)c(OC)ccc12. The molecule has 2 heterocycles. The Morgan fingerprint density at radius 2 is 1.67 bits per heavy atom. The second kappa shape index (κ2) is 6.42. The molecule has 0 saturated carbocycles. The smallest absolute Gasteiger partial charge is 0.308 e. The van der Waals surface area contributed by atoms with Crippen LogP contribution in [-0.4, -0.2) is 27.3 Å². The van der Waals surface area contributed by atoms with Gasteiger partial charge in [0.2, 0.25) is 11.5 Å². The van der Waals surface area contributed by atoms with Crippen molar-refractivity contribution in [2.75, 3.05) is 21.3 Å². The fourth-order valence-corrected chi connectivity index (χ4v) is 3.30. The van der Waals surface area contributed by atoms with E-state index in [-0.39, 0.29) is 12.4 Å². The summed E-state index contributed by atoms with van der Waals surface area (Å²) in [6.07, 6.45) is 0. The first-order valence-corrected chi connectivity index (χ1v) is 8.28. The van der Waals surface area contributed by atoms with Crippen LogP contribution in [0, 0.1) is 0 Å². The van der Waals surface area contributed by atoms with Crippen molar-refractivity contribution in [2.24, 2.45) is 0 Å². The lowest BCUT2D eigenvalue weighted by molar-refractivity contribution is -0.132. The number of methoxy groups -OCH3 is 3.